The highest BCUT2D eigenvalue weighted by atomic mass is 16.8. The van der Waals surface area contributed by atoms with Gasteiger partial charge < -0.3 is 31.0 Å². The van der Waals surface area contributed by atoms with E-state index in [2.05, 4.69) is 25.3 Å². The van der Waals surface area contributed by atoms with E-state index in [1.54, 1.807) is 44.2 Å². The Bertz CT molecular complexity index is 887. The van der Waals surface area contributed by atoms with Crippen molar-refractivity contribution in [2.75, 3.05) is 24.5 Å². The number of hydrogen-bond acceptors (Lipinski definition) is 10. The third-order valence-corrected chi connectivity index (χ3v) is 3.35. The molecule has 0 aliphatic carbocycles. The summed E-state index contributed by atoms with van der Waals surface area (Å²) in [6.07, 6.45) is -0.832. The van der Waals surface area contributed by atoms with Gasteiger partial charge in [0.05, 0.1) is 12.6 Å². The zero-order chi connectivity index (χ0) is 21.2. The molecule has 154 valence electrons. The molecule has 0 saturated heterocycles. The second kappa shape index (κ2) is 10.6. The molecule has 0 spiro atoms. The second-order valence-electron chi connectivity index (χ2n) is 5.64. The molecule has 0 bridgehead atoms. The van der Waals surface area contributed by atoms with Crippen LogP contribution in [-0.2, 0) is 14.3 Å². The molecule has 0 unspecified atom stereocenters. The van der Waals surface area contributed by atoms with Crippen LogP contribution in [-0.4, -0.2) is 36.5 Å². The van der Waals surface area contributed by atoms with Crippen molar-refractivity contribution in [1.82, 2.24) is 4.98 Å². The number of nitrogens with one attached hydrogen (secondary N) is 1. The summed E-state index contributed by atoms with van der Waals surface area (Å²) in [6.45, 7) is 3.08. The van der Waals surface area contributed by atoms with Gasteiger partial charge in [0.1, 0.15) is 17.2 Å². The number of anilines is 2. The SMILES string of the molecule is CCOC(=O)OCOc1ccccc1/N=N/c1ccc(NC(=O)[C@H](C)N)nc1N. The van der Waals surface area contributed by atoms with E-state index >= 15 is 0 Å². The first-order valence-corrected chi connectivity index (χ1v) is 8.66. The highest BCUT2D eigenvalue weighted by Gasteiger charge is 2.10. The number of azo groups is 1. The van der Waals surface area contributed by atoms with Gasteiger partial charge in [0.2, 0.25) is 12.7 Å². The lowest BCUT2D eigenvalue weighted by Gasteiger charge is -2.09. The predicted molar refractivity (Wildman–Crippen MR) is 105 cm³/mol. The Labute approximate surface area is 167 Å². The molecule has 0 aliphatic heterocycles. The van der Waals surface area contributed by atoms with E-state index in [1.807, 2.05) is 0 Å². The fourth-order valence-electron chi connectivity index (χ4n) is 1.93. The van der Waals surface area contributed by atoms with Gasteiger partial charge in [0.15, 0.2) is 11.6 Å². The molecule has 0 saturated carbocycles. The average Bonchev–Trinajstić information content (AvgIpc) is 2.68. The molecule has 0 radical (unpaired) electrons. The molecule has 2 aromatic rings. The zero-order valence-electron chi connectivity index (χ0n) is 16.0. The van der Waals surface area contributed by atoms with Crippen molar-refractivity contribution in [2.24, 2.45) is 16.0 Å². The summed E-state index contributed by atoms with van der Waals surface area (Å²) < 4.78 is 14.8. The number of nitrogen functional groups attached to an aromatic ring is 1. The van der Waals surface area contributed by atoms with E-state index in [1.165, 1.54) is 6.07 Å². The number of carbonyl (C=O) groups is 2. The molecule has 1 aromatic heterocycles. The first-order valence-electron chi connectivity index (χ1n) is 8.66. The van der Waals surface area contributed by atoms with Crippen LogP contribution in [0.3, 0.4) is 0 Å². The molecule has 11 nitrogen and oxygen atoms in total. The third-order valence-electron chi connectivity index (χ3n) is 3.35. The summed E-state index contributed by atoms with van der Waals surface area (Å²) >= 11 is 0. The van der Waals surface area contributed by atoms with Gasteiger partial charge in [-0.15, -0.1) is 10.2 Å². The zero-order valence-corrected chi connectivity index (χ0v) is 16.0. The van der Waals surface area contributed by atoms with Crippen molar-refractivity contribution >= 4 is 35.1 Å². The minimum absolute atomic E-state index is 0.0697. The van der Waals surface area contributed by atoms with E-state index in [-0.39, 0.29) is 30.9 Å². The van der Waals surface area contributed by atoms with Crippen LogP contribution in [0.25, 0.3) is 0 Å². The Morgan fingerprint density at radius 2 is 1.86 bits per heavy atom. The van der Waals surface area contributed by atoms with Gasteiger partial charge in [-0.25, -0.2) is 9.78 Å². The molecular weight excluding hydrogens is 380 g/mol. The van der Waals surface area contributed by atoms with Crippen molar-refractivity contribution in [3.05, 3.63) is 36.4 Å². The number of aromatic nitrogens is 1. The Balaban J connectivity index is 2.06. The molecule has 5 N–H and O–H groups in total. The monoisotopic (exact) mass is 402 g/mol. The fourth-order valence-corrected chi connectivity index (χ4v) is 1.93. The minimum atomic E-state index is -0.832. The smallest absolute Gasteiger partial charge is 0.455 e. The molecule has 0 fully saturated rings. The van der Waals surface area contributed by atoms with Crippen LogP contribution < -0.4 is 21.5 Å². The minimum Gasteiger partial charge on any atom is -0.455 e. The van der Waals surface area contributed by atoms with E-state index in [0.717, 1.165) is 0 Å². The number of amides is 1. The van der Waals surface area contributed by atoms with Gasteiger partial charge in [-0.05, 0) is 38.1 Å². The molecule has 0 aliphatic rings. The number of para-hydroxylation sites is 1. The Morgan fingerprint density at radius 1 is 1.14 bits per heavy atom. The summed E-state index contributed by atoms with van der Waals surface area (Å²) in [5.74, 6) is 0.277. The first-order chi connectivity index (χ1) is 13.9. The number of ether oxygens (including phenoxy) is 3. The standard InChI is InChI=1S/C18H22N6O5/c1-3-27-18(26)29-10-28-14-7-5-4-6-12(14)23-24-13-8-9-15(21-16(13)20)22-17(25)11(2)19/h4-9,11H,3,10,19H2,1-2H3,(H3,20,21,22,25)/b24-23+/t11-/m0/s1. The lowest BCUT2D eigenvalue weighted by atomic mass is 10.3. The number of carbonyl (C=O) groups excluding carboxylic acids is 2. The normalized spacial score (nSPS) is 11.7. The molecule has 1 atom stereocenters. The summed E-state index contributed by atoms with van der Waals surface area (Å²) in [5.41, 5.74) is 12.0. The van der Waals surface area contributed by atoms with Gasteiger partial charge in [0, 0.05) is 0 Å². The molecule has 11 heteroatoms. The predicted octanol–water partition coefficient (Wildman–Crippen LogP) is 2.87. The topological polar surface area (TPSA) is 164 Å². The quantitative estimate of drug-likeness (QED) is 0.344. The summed E-state index contributed by atoms with van der Waals surface area (Å²) in [6, 6.07) is 9.16. The molecule has 1 aromatic carbocycles. The number of nitrogens with two attached hydrogens (primary N) is 2. The summed E-state index contributed by atoms with van der Waals surface area (Å²) in [4.78, 5) is 26.8. The third kappa shape index (κ3) is 6.74. The maximum atomic E-state index is 11.6. The highest BCUT2D eigenvalue weighted by Crippen LogP contribution is 2.30. The first kappa shape index (κ1) is 21.6. The van der Waals surface area contributed by atoms with Gasteiger partial charge >= 0.3 is 6.16 Å². The molecular formula is C18H22N6O5. The van der Waals surface area contributed by atoms with Crippen LogP contribution in [0.5, 0.6) is 5.75 Å². The van der Waals surface area contributed by atoms with Gasteiger partial charge in [-0.3, -0.25) is 4.79 Å². The van der Waals surface area contributed by atoms with E-state index in [0.29, 0.717) is 17.1 Å². The number of nitrogens with zero attached hydrogens (tertiary/aromatic N) is 3. The Kier molecular flexibility index (Phi) is 7.86. The van der Waals surface area contributed by atoms with Crippen LogP contribution in [0.15, 0.2) is 46.6 Å². The van der Waals surface area contributed by atoms with Crippen LogP contribution in [0, 0.1) is 0 Å². The van der Waals surface area contributed by atoms with Crippen LogP contribution in [0.2, 0.25) is 0 Å². The van der Waals surface area contributed by atoms with Gasteiger partial charge in [-0.2, -0.15) is 0 Å². The second-order valence-corrected chi connectivity index (χ2v) is 5.64. The maximum Gasteiger partial charge on any atom is 0.511 e. The lowest BCUT2D eigenvalue weighted by Crippen LogP contribution is -2.32. The van der Waals surface area contributed by atoms with E-state index in [9.17, 15) is 9.59 Å². The fraction of sp³-hybridized carbons (Fsp3) is 0.278. The molecule has 1 heterocycles. The van der Waals surface area contributed by atoms with Crippen LogP contribution in [0.1, 0.15) is 13.8 Å². The van der Waals surface area contributed by atoms with Crippen molar-refractivity contribution in [3.8, 4) is 5.75 Å². The molecule has 29 heavy (non-hydrogen) atoms. The van der Waals surface area contributed by atoms with Gasteiger partial charge in [0.25, 0.3) is 0 Å². The average molecular weight is 402 g/mol. The lowest BCUT2D eigenvalue weighted by molar-refractivity contribution is -0.117. The Hall–Kier alpha value is -3.73. The number of hydrogen-bond donors (Lipinski definition) is 3. The summed E-state index contributed by atoms with van der Waals surface area (Å²) in [5, 5.41) is 10.7. The van der Waals surface area contributed by atoms with Crippen molar-refractivity contribution in [3.63, 3.8) is 0 Å². The molecule has 2 rings (SSSR count). The maximum absolute atomic E-state index is 11.6. The van der Waals surface area contributed by atoms with Crippen molar-refractivity contribution < 1.29 is 23.8 Å². The summed E-state index contributed by atoms with van der Waals surface area (Å²) in [7, 11) is 0. The number of benzene rings is 1. The number of pyridine rings is 1. The van der Waals surface area contributed by atoms with Crippen LogP contribution >= 0.6 is 0 Å². The van der Waals surface area contributed by atoms with E-state index < -0.39 is 12.2 Å². The van der Waals surface area contributed by atoms with Crippen molar-refractivity contribution in [2.45, 2.75) is 19.9 Å². The molecule has 1 amide bonds. The van der Waals surface area contributed by atoms with Gasteiger partial charge in [-0.1, -0.05) is 12.1 Å². The Morgan fingerprint density at radius 3 is 2.55 bits per heavy atom. The van der Waals surface area contributed by atoms with Crippen molar-refractivity contribution in [1.29, 1.82) is 0 Å². The van der Waals surface area contributed by atoms with Crippen LogP contribution in [0.4, 0.5) is 27.8 Å². The largest absolute Gasteiger partial charge is 0.511 e. The van der Waals surface area contributed by atoms with E-state index in [4.69, 9.17) is 20.9 Å². The number of rotatable bonds is 8. The highest BCUT2D eigenvalue weighted by molar-refractivity contribution is 5.93.